The zero-order chi connectivity index (χ0) is 13.6. The van der Waals surface area contributed by atoms with Gasteiger partial charge >= 0.3 is 0 Å². The van der Waals surface area contributed by atoms with Crippen molar-refractivity contribution in [3.05, 3.63) is 29.5 Å². The molecule has 1 aromatic carbocycles. The molecule has 0 amide bonds. The summed E-state index contributed by atoms with van der Waals surface area (Å²) in [5, 5.41) is 0.751. The minimum absolute atomic E-state index is 0.260. The SMILES string of the molecule is Cc1cc(S(=O)(=O)N2CCC2)c2[nH]c(C=O)cc2c1. The Balaban J connectivity index is 2.27. The number of carbonyl (C=O) groups excluding carboxylic acids is 1. The van der Waals surface area contributed by atoms with E-state index in [2.05, 4.69) is 4.98 Å². The number of sulfonamides is 1. The zero-order valence-corrected chi connectivity index (χ0v) is 11.3. The van der Waals surface area contributed by atoms with E-state index >= 15 is 0 Å². The molecule has 19 heavy (non-hydrogen) atoms. The number of aromatic nitrogens is 1. The summed E-state index contributed by atoms with van der Waals surface area (Å²) in [5.41, 5.74) is 1.77. The number of aldehydes is 1. The van der Waals surface area contributed by atoms with Gasteiger partial charge in [-0.2, -0.15) is 4.31 Å². The number of aryl methyl sites for hydroxylation is 1. The van der Waals surface area contributed by atoms with Gasteiger partial charge in [0.15, 0.2) is 6.29 Å². The van der Waals surface area contributed by atoms with Crippen molar-refractivity contribution in [1.29, 1.82) is 0 Å². The first-order valence-corrected chi connectivity index (χ1v) is 7.55. The molecular weight excluding hydrogens is 264 g/mol. The molecule has 1 fully saturated rings. The highest BCUT2D eigenvalue weighted by molar-refractivity contribution is 7.89. The second-order valence-corrected chi connectivity index (χ2v) is 6.73. The fourth-order valence-corrected chi connectivity index (χ4v) is 4.09. The van der Waals surface area contributed by atoms with Crippen LogP contribution in [0.15, 0.2) is 23.1 Å². The van der Waals surface area contributed by atoms with Crippen molar-refractivity contribution in [2.24, 2.45) is 0 Å². The fourth-order valence-electron chi connectivity index (χ4n) is 2.31. The Morgan fingerprint density at radius 1 is 1.26 bits per heavy atom. The normalized spacial score (nSPS) is 16.5. The van der Waals surface area contributed by atoms with Gasteiger partial charge in [0.2, 0.25) is 10.0 Å². The van der Waals surface area contributed by atoms with Crippen LogP contribution in [0.4, 0.5) is 0 Å². The lowest BCUT2D eigenvalue weighted by molar-refractivity contribution is 0.111. The van der Waals surface area contributed by atoms with E-state index in [1.807, 2.05) is 13.0 Å². The number of H-pyrrole nitrogens is 1. The number of nitrogens with zero attached hydrogens (tertiary/aromatic N) is 1. The summed E-state index contributed by atoms with van der Waals surface area (Å²) in [4.78, 5) is 14.0. The molecule has 2 aromatic rings. The number of hydrogen-bond donors (Lipinski definition) is 1. The van der Waals surface area contributed by atoms with Gasteiger partial charge in [-0.3, -0.25) is 4.79 Å². The molecule has 1 aromatic heterocycles. The Bertz CT molecular complexity index is 758. The molecule has 5 nitrogen and oxygen atoms in total. The van der Waals surface area contributed by atoms with Gasteiger partial charge < -0.3 is 4.98 Å². The Kier molecular flexibility index (Phi) is 2.72. The third kappa shape index (κ3) is 1.87. The van der Waals surface area contributed by atoms with Crippen molar-refractivity contribution < 1.29 is 13.2 Å². The summed E-state index contributed by atoms with van der Waals surface area (Å²) in [6.45, 7) is 2.99. The highest BCUT2D eigenvalue weighted by Gasteiger charge is 2.31. The molecule has 0 atom stereocenters. The lowest BCUT2D eigenvalue weighted by atomic mass is 10.2. The van der Waals surface area contributed by atoms with Crippen LogP contribution in [-0.2, 0) is 10.0 Å². The molecule has 0 aliphatic carbocycles. The van der Waals surface area contributed by atoms with Crippen molar-refractivity contribution >= 4 is 27.2 Å². The summed E-state index contributed by atoms with van der Waals surface area (Å²) in [6, 6.07) is 5.19. The molecule has 0 bridgehead atoms. The third-order valence-corrected chi connectivity index (χ3v) is 5.34. The molecule has 2 heterocycles. The molecule has 6 heteroatoms. The molecule has 0 spiro atoms. The molecule has 3 rings (SSSR count). The Labute approximate surface area is 111 Å². The highest BCUT2D eigenvalue weighted by Crippen LogP contribution is 2.29. The number of aromatic amines is 1. The maximum atomic E-state index is 12.5. The lowest BCUT2D eigenvalue weighted by Crippen LogP contribution is -2.42. The highest BCUT2D eigenvalue weighted by atomic mass is 32.2. The summed E-state index contributed by atoms with van der Waals surface area (Å²) < 4.78 is 26.5. The number of carbonyl (C=O) groups is 1. The second kappa shape index (κ2) is 4.18. The number of benzene rings is 1. The van der Waals surface area contributed by atoms with Gasteiger partial charge in [0.1, 0.15) is 4.90 Å². The predicted octanol–water partition coefficient (Wildman–Crippen LogP) is 1.68. The molecule has 0 saturated carbocycles. The van der Waals surface area contributed by atoms with E-state index < -0.39 is 10.0 Å². The first kappa shape index (κ1) is 12.4. The van der Waals surface area contributed by atoms with Crippen molar-refractivity contribution in [1.82, 2.24) is 9.29 Å². The van der Waals surface area contributed by atoms with E-state index in [0.717, 1.165) is 17.4 Å². The smallest absolute Gasteiger partial charge is 0.245 e. The maximum Gasteiger partial charge on any atom is 0.245 e. The molecule has 1 N–H and O–H groups in total. The Hall–Kier alpha value is -1.66. The first-order valence-electron chi connectivity index (χ1n) is 6.11. The van der Waals surface area contributed by atoms with Gasteiger partial charge in [-0.15, -0.1) is 0 Å². The van der Waals surface area contributed by atoms with E-state index in [9.17, 15) is 13.2 Å². The molecule has 1 aliphatic rings. The van der Waals surface area contributed by atoms with Crippen LogP contribution >= 0.6 is 0 Å². The average molecular weight is 278 g/mol. The van der Waals surface area contributed by atoms with E-state index in [4.69, 9.17) is 0 Å². The molecule has 0 unspecified atom stereocenters. The van der Waals surface area contributed by atoms with Crippen LogP contribution in [0, 0.1) is 6.92 Å². The minimum Gasteiger partial charge on any atom is -0.351 e. The summed E-state index contributed by atoms with van der Waals surface area (Å²) >= 11 is 0. The van der Waals surface area contributed by atoms with E-state index in [-0.39, 0.29) is 4.90 Å². The van der Waals surface area contributed by atoms with Crippen LogP contribution in [0.2, 0.25) is 0 Å². The Morgan fingerprint density at radius 3 is 2.58 bits per heavy atom. The van der Waals surface area contributed by atoms with Crippen molar-refractivity contribution in [2.45, 2.75) is 18.2 Å². The maximum absolute atomic E-state index is 12.5. The van der Waals surface area contributed by atoms with Gasteiger partial charge in [0.05, 0.1) is 11.2 Å². The molecule has 1 saturated heterocycles. The van der Waals surface area contributed by atoms with E-state index in [0.29, 0.717) is 30.6 Å². The second-order valence-electron chi connectivity index (χ2n) is 4.83. The van der Waals surface area contributed by atoms with Gasteiger partial charge in [-0.1, -0.05) is 0 Å². The van der Waals surface area contributed by atoms with Crippen molar-refractivity contribution in [3.63, 3.8) is 0 Å². The third-order valence-electron chi connectivity index (χ3n) is 3.42. The summed E-state index contributed by atoms with van der Waals surface area (Å²) in [5.74, 6) is 0. The number of rotatable bonds is 3. The van der Waals surface area contributed by atoms with Gasteiger partial charge in [-0.05, 0) is 37.1 Å². The van der Waals surface area contributed by atoms with E-state index in [1.165, 1.54) is 4.31 Å². The van der Waals surface area contributed by atoms with Crippen LogP contribution in [0.25, 0.3) is 10.9 Å². The van der Waals surface area contributed by atoms with Crippen LogP contribution in [0.3, 0.4) is 0 Å². The standard InChI is InChI=1S/C13H14N2O3S/c1-9-5-10-7-11(8-16)14-13(10)12(6-9)19(17,18)15-3-2-4-15/h5-8,14H,2-4H2,1H3. The van der Waals surface area contributed by atoms with Gasteiger partial charge in [0.25, 0.3) is 0 Å². The van der Waals surface area contributed by atoms with Crippen LogP contribution in [0.1, 0.15) is 22.5 Å². The number of fused-ring (bicyclic) bond motifs is 1. The lowest BCUT2D eigenvalue weighted by Gasteiger charge is -2.29. The zero-order valence-electron chi connectivity index (χ0n) is 10.5. The Morgan fingerprint density at radius 2 is 2.00 bits per heavy atom. The van der Waals surface area contributed by atoms with Crippen LogP contribution < -0.4 is 0 Å². The molecule has 0 radical (unpaired) electrons. The van der Waals surface area contributed by atoms with Crippen molar-refractivity contribution in [3.8, 4) is 0 Å². The summed E-state index contributed by atoms with van der Waals surface area (Å²) in [6.07, 6.45) is 1.59. The molecular formula is C13H14N2O3S. The van der Waals surface area contributed by atoms with Gasteiger partial charge in [-0.25, -0.2) is 8.42 Å². The quantitative estimate of drug-likeness (QED) is 0.868. The van der Waals surface area contributed by atoms with Crippen LogP contribution in [0.5, 0.6) is 0 Å². The average Bonchev–Trinajstić information content (AvgIpc) is 2.67. The number of hydrogen-bond acceptors (Lipinski definition) is 3. The van der Waals surface area contributed by atoms with Crippen molar-refractivity contribution in [2.75, 3.05) is 13.1 Å². The monoisotopic (exact) mass is 278 g/mol. The minimum atomic E-state index is -3.46. The topological polar surface area (TPSA) is 70.2 Å². The largest absolute Gasteiger partial charge is 0.351 e. The molecule has 100 valence electrons. The van der Waals surface area contributed by atoms with Gasteiger partial charge in [0, 0.05) is 18.5 Å². The molecule has 1 aliphatic heterocycles. The first-order chi connectivity index (χ1) is 9.02. The van der Waals surface area contributed by atoms with E-state index in [1.54, 1.807) is 12.1 Å². The summed E-state index contributed by atoms with van der Waals surface area (Å²) in [7, 11) is -3.46. The predicted molar refractivity (Wildman–Crippen MR) is 71.8 cm³/mol. The number of nitrogens with one attached hydrogen (secondary N) is 1. The van der Waals surface area contributed by atoms with Crippen LogP contribution in [-0.4, -0.2) is 37.1 Å². The fraction of sp³-hybridized carbons (Fsp3) is 0.308.